The Labute approximate surface area is 185 Å². The number of imide groups is 1. The number of nitrogens with one attached hydrogen (secondary N) is 1. The minimum atomic E-state index is -0.370. The molecule has 1 aliphatic rings. The van der Waals surface area contributed by atoms with Crippen molar-refractivity contribution in [2.75, 3.05) is 6.61 Å². The average Bonchev–Trinajstić information content (AvgIpc) is 3.06. The predicted molar refractivity (Wildman–Crippen MR) is 118 cm³/mol. The SMILES string of the molecule is CC(C)C(=O)OC(C)c1ccc(CCOc2ccc(C[C@@H]3SC(=O)NC3=O)cc2)nc1. The Kier molecular flexibility index (Phi) is 7.68. The highest BCUT2D eigenvalue weighted by Gasteiger charge is 2.31. The molecule has 1 unspecified atom stereocenters. The maximum Gasteiger partial charge on any atom is 0.308 e. The number of esters is 1. The van der Waals surface area contributed by atoms with Crippen molar-refractivity contribution in [3.05, 3.63) is 59.4 Å². The van der Waals surface area contributed by atoms with Crippen LogP contribution in [0.1, 0.15) is 43.7 Å². The summed E-state index contributed by atoms with van der Waals surface area (Å²) in [6.45, 7) is 5.91. The third-order valence-corrected chi connectivity index (χ3v) is 5.80. The van der Waals surface area contributed by atoms with Crippen LogP contribution in [-0.4, -0.2) is 34.0 Å². The monoisotopic (exact) mass is 442 g/mol. The number of carbonyl (C=O) groups excluding carboxylic acids is 3. The van der Waals surface area contributed by atoms with E-state index in [0.29, 0.717) is 19.4 Å². The number of hydrogen-bond donors (Lipinski definition) is 1. The fourth-order valence-electron chi connectivity index (χ4n) is 2.94. The highest BCUT2D eigenvalue weighted by atomic mass is 32.2. The van der Waals surface area contributed by atoms with Gasteiger partial charge in [-0.1, -0.05) is 43.8 Å². The number of amides is 2. The quantitative estimate of drug-likeness (QED) is 0.589. The summed E-state index contributed by atoms with van der Waals surface area (Å²) in [6, 6.07) is 11.3. The van der Waals surface area contributed by atoms with Crippen molar-refractivity contribution in [2.45, 2.75) is 45.0 Å². The lowest BCUT2D eigenvalue weighted by molar-refractivity contribution is -0.152. The molecule has 0 aliphatic carbocycles. The number of rotatable bonds is 9. The first kappa shape index (κ1) is 22.8. The van der Waals surface area contributed by atoms with Gasteiger partial charge in [-0.2, -0.15) is 0 Å². The second kappa shape index (κ2) is 10.4. The molecule has 0 saturated carbocycles. The number of thioether (sulfide) groups is 1. The molecule has 1 fully saturated rings. The Balaban J connectivity index is 1.44. The molecule has 8 heteroatoms. The van der Waals surface area contributed by atoms with Crippen LogP contribution < -0.4 is 10.1 Å². The molecule has 3 rings (SSSR count). The van der Waals surface area contributed by atoms with Crippen LogP contribution >= 0.6 is 11.8 Å². The van der Waals surface area contributed by atoms with Gasteiger partial charge in [0, 0.05) is 23.9 Å². The average molecular weight is 443 g/mol. The molecule has 2 amide bonds. The van der Waals surface area contributed by atoms with Crippen LogP contribution in [0.15, 0.2) is 42.6 Å². The number of benzene rings is 1. The Morgan fingerprint density at radius 2 is 1.87 bits per heavy atom. The van der Waals surface area contributed by atoms with E-state index in [4.69, 9.17) is 9.47 Å². The summed E-state index contributed by atoms with van der Waals surface area (Å²) in [7, 11) is 0. The zero-order valence-electron chi connectivity index (χ0n) is 17.8. The molecule has 1 saturated heterocycles. The predicted octanol–water partition coefficient (Wildman–Crippen LogP) is 3.86. The standard InChI is InChI=1S/C23H26N2O5S/c1-14(2)22(27)30-15(3)17-6-7-18(24-13-17)10-11-29-19-8-4-16(5-9-19)12-20-21(26)25-23(28)31-20/h4-9,13-15,20H,10-12H2,1-3H3,(H,25,26,28)/t15?,20-/m0/s1. The Morgan fingerprint density at radius 3 is 2.45 bits per heavy atom. The van der Waals surface area contributed by atoms with E-state index in [1.807, 2.05) is 43.3 Å². The molecule has 2 atom stereocenters. The van der Waals surface area contributed by atoms with Crippen molar-refractivity contribution < 1.29 is 23.9 Å². The molecule has 1 N–H and O–H groups in total. The number of ether oxygens (including phenoxy) is 2. The Morgan fingerprint density at radius 1 is 1.13 bits per heavy atom. The molecule has 0 radical (unpaired) electrons. The highest BCUT2D eigenvalue weighted by Crippen LogP contribution is 2.24. The first-order valence-corrected chi connectivity index (χ1v) is 11.1. The van der Waals surface area contributed by atoms with E-state index in [0.717, 1.165) is 34.3 Å². The molecule has 31 heavy (non-hydrogen) atoms. The van der Waals surface area contributed by atoms with Gasteiger partial charge in [-0.25, -0.2) is 0 Å². The van der Waals surface area contributed by atoms with Crippen LogP contribution in [0.3, 0.4) is 0 Å². The van der Waals surface area contributed by atoms with Crippen molar-refractivity contribution in [2.24, 2.45) is 5.92 Å². The van der Waals surface area contributed by atoms with Gasteiger partial charge in [0.25, 0.3) is 5.24 Å². The Hall–Kier alpha value is -2.87. The smallest absolute Gasteiger partial charge is 0.308 e. The molecule has 1 aliphatic heterocycles. The lowest BCUT2D eigenvalue weighted by atomic mass is 10.1. The molecular formula is C23H26N2O5S. The molecule has 7 nitrogen and oxygen atoms in total. The summed E-state index contributed by atoms with van der Waals surface area (Å²) in [6.07, 6.45) is 2.54. The van der Waals surface area contributed by atoms with Crippen molar-refractivity contribution in [1.29, 1.82) is 0 Å². The summed E-state index contributed by atoms with van der Waals surface area (Å²) >= 11 is 1.03. The van der Waals surface area contributed by atoms with Gasteiger partial charge >= 0.3 is 5.97 Å². The first-order valence-electron chi connectivity index (χ1n) is 10.2. The van der Waals surface area contributed by atoms with Crippen LogP contribution in [0.2, 0.25) is 0 Å². The van der Waals surface area contributed by atoms with Gasteiger partial charge in [0.15, 0.2) is 0 Å². The molecule has 1 aromatic heterocycles. The lowest BCUT2D eigenvalue weighted by Crippen LogP contribution is -2.25. The number of carbonyl (C=O) groups is 3. The zero-order valence-corrected chi connectivity index (χ0v) is 18.6. The van der Waals surface area contributed by atoms with Gasteiger partial charge < -0.3 is 9.47 Å². The van der Waals surface area contributed by atoms with Crippen molar-refractivity contribution in [1.82, 2.24) is 10.3 Å². The first-order chi connectivity index (χ1) is 14.8. The second-order valence-electron chi connectivity index (χ2n) is 7.65. The number of pyridine rings is 1. The molecule has 0 spiro atoms. The molecule has 0 bridgehead atoms. The largest absolute Gasteiger partial charge is 0.493 e. The van der Waals surface area contributed by atoms with Gasteiger partial charge in [-0.15, -0.1) is 0 Å². The van der Waals surface area contributed by atoms with Gasteiger partial charge in [0.2, 0.25) is 5.91 Å². The third-order valence-electron chi connectivity index (χ3n) is 4.82. The molecule has 2 heterocycles. The van der Waals surface area contributed by atoms with E-state index >= 15 is 0 Å². The van der Waals surface area contributed by atoms with E-state index in [1.54, 1.807) is 20.0 Å². The fraction of sp³-hybridized carbons (Fsp3) is 0.391. The van der Waals surface area contributed by atoms with Crippen molar-refractivity contribution in [3.8, 4) is 5.75 Å². The zero-order chi connectivity index (χ0) is 22.4. The maximum absolute atomic E-state index is 11.7. The van der Waals surface area contributed by atoms with Crippen LogP contribution in [0.25, 0.3) is 0 Å². The van der Waals surface area contributed by atoms with E-state index in [9.17, 15) is 14.4 Å². The van der Waals surface area contributed by atoms with Crippen LogP contribution in [0.5, 0.6) is 5.75 Å². The van der Waals surface area contributed by atoms with E-state index in [-0.39, 0.29) is 34.4 Å². The third kappa shape index (κ3) is 6.55. The van der Waals surface area contributed by atoms with Gasteiger partial charge in [0.05, 0.1) is 17.8 Å². The normalized spacial score (nSPS) is 16.8. The van der Waals surface area contributed by atoms with E-state index in [2.05, 4.69) is 10.3 Å². The summed E-state index contributed by atoms with van der Waals surface area (Å²) in [5.41, 5.74) is 2.71. The topological polar surface area (TPSA) is 94.6 Å². The number of aromatic nitrogens is 1. The fourth-order valence-corrected chi connectivity index (χ4v) is 3.80. The van der Waals surface area contributed by atoms with E-state index in [1.165, 1.54) is 0 Å². The van der Waals surface area contributed by atoms with Crippen LogP contribution in [0, 0.1) is 5.92 Å². The van der Waals surface area contributed by atoms with Gasteiger partial charge in [-0.05, 0) is 37.1 Å². The summed E-state index contributed by atoms with van der Waals surface area (Å²) in [4.78, 5) is 39.0. The van der Waals surface area contributed by atoms with Crippen LogP contribution in [0.4, 0.5) is 4.79 Å². The Bertz CT molecular complexity index is 928. The summed E-state index contributed by atoms with van der Waals surface area (Å²) in [5, 5.41) is 1.64. The van der Waals surface area contributed by atoms with Gasteiger partial charge in [-0.3, -0.25) is 24.7 Å². The van der Waals surface area contributed by atoms with Crippen molar-refractivity contribution in [3.63, 3.8) is 0 Å². The molecule has 2 aromatic rings. The van der Waals surface area contributed by atoms with Gasteiger partial charge in [0.1, 0.15) is 11.9 Å². The number of hydrogen-bond acceptors (Lipinski definition) is 7. The molecule has 164 valence electrons. The summed E-state index contributed by atoms with van der Waals surface area (Å²) in [5.74, 6) is 0.108. The summed E-state index contributed by atoms with van der Waals surface area (Å²) < 4.78 is 11.2. The van der Waals surface area contributed by atoms with Crippen LogP contribution in [-0.2, 0) is 27.2 Å². The molecular weight excluding hydrogens is 416 g/mol. The highest BCUT2D eigenvalue weighted by molar-refractivity contribution is 8.15. The molecule has 1 aromatic carbocycles. The number of nitrogens with zero attached hydrogens (tertiary/aromatic N) is 1. The lowest BCUT2D eigenvalue weighted by Gasteiger charge is -2.15. The minimum Gasteiger partial charge on any atom is -0.493 e. The second-order valence-corrected chi connectivity index (χ2v) is 8.82. The maximum atomic E-state index is 11.7. The van der Waals surface area contributed by atoms with Crippen molar-refractivity contribution >= 4 is 28.9 Å². The van der Waals surface area contributed by atoms with E-state index < -0.39 is 0 Å². The minimum absolute atomic E-state index is 0.161.